The van der Waals surface area contributed by atoms with Gasteiger partial charge >= 0.3 is 6.18 Å². The Morgan fingerprint density at radius 3 is 2.46 bits per heavy atom. The molecule has 26 heavy (non-hydrogen) atoms. The van der Waals surface area contributed by atoms with Crippen molar-refractivity contribution in [2.75, 3.05) is 39.3 Å². The fraction of sp³-hybridized carbons (Fsp3) is 0.500. The second-order valence-corrected chi connectivity index (χ2v) is 6.00. The van der Waals surface area contributed by atoms with Crippen LogP contribution >= 0.6 is 12.4 Å². The molecule has 1 aliphatic heterocycles. The average Bonchev–Trinajstić information content (AvgIpc) is 3.05. The van der Waals surface area contributed by atoms with Gasteiger partial charge in [0.15, 0.2) is 0 Å². The van der Waals surface area contributed by atoms with Crippen LogP contribution < -0.4 is 5.73 Å². The van der Waals surface area contributed by atoms with Gasteiger partial charge in [-0.25, -0.2) is 0 Å². The number of nitrogens with two attached hydrogens (primary N) is 1. The Hall–Kier alpha value is -1.68. The number of aromatic nitrogens is 2. The first-order valence-electron chi connectivity index (χ1n) is 8.11. The van der Waals surface area contributed by atoms with Crippen LogP contribution in [0.15, 0.2) is 28.8 Å². The minimum atomic E-state index is -4.40. The van der Waals surface area contributed by atoms with Crippen LogP contribution in [0.1, 0.15) is 11.5 Å². The van der Waals surface area contributed by atoms with Crippen molar-refractivity contribution in [2.24, 2.45) is 5.73 Å². The van der Waals surface area contributed by atoms with Gasteiger partial charge in [0, 0.05) is 44.8 Å². The predicted octanol–water partition coefficient (Wildman–Crippen LogP) is 2.25. The summed E-state index contributed by atoms with van der Waals surface area (Å²) >= 11 is 0. The van der Waals surface area contributed by atoms with Crippen molar-refractivity contribution >= 4 is 12.4 Å². The molecule has 0 bridgehead atoms. The first-order chi connectivity index (χ1) is 12.0. The SMILES string of the molecule is Cl.NCCN1CCN(Cc2nc(-c3cccc(C(F)(F)F)c3)no2)CC1. The first kappa shape index (κ1) is 20.6. The Morgan fingerprint density at radius 1 is 1.12 bits per heavy atom. The standard InChI is InChI=1S/C16H20F3N5O.ClH/c17-16(18,19)13-3-1-2-12(10-13)15-21-14(25-22-15)11-24-8-6-23(5-4-20)7-9-24;/h1-3,10H,4-9,11,20H2;1H. The zero-order valence-electron chi connectivity index (χ0n) is 14.1. The molecule has 2 heterocycles. The van der Waals surface area contributed by atoms with E-state index in [-0.39, 0.29) is 23.8 Å². The molecular formula is C16H21ClF3N5O. The second-order valence-electron chi connectivity index (χ2n) is 6.00. The predicted molar refractivity (Wildman–Crippen MR) is 92.8 cm³/mol. The maximum atomic E-state index is 12.8. The maximum absolute atomic E-state index is 12.8. The van der Waals surface area contributed by atoms with E-state index in [9.17, 15) is 13.2 Å². The van der Waals surface area contributed by atoms with Crippen LogP contribution in [0, 0.1) is 0 Å². The van der Waals surface area contributed by atoms with Crippen molar-refractivity contribution in [1.82, 2.24) is 19.9 Å². The third-order valence-electron chi connectivity index (χ3n) is 4.19. The molecule has 1 aromatic heterocycles. The summed E-state index contributed by atoms with van der Waals surface area (Å²) in [5, 5.41) is 3.81. The number of piperazine rings is 1. The molecule has 1 aliphatic rings. The highest BCUT2D eigenvalue weighted by atomic mass is 35.5. The molecule has 0 aliphatic carbocycles. The molecule has 0 amide bonds. The number of hydrogen-bond acceptors (Lipinski definition) is 6. The maximum Gasteiger partial charge on any atom is 0.416 e. The quantitative estimate of drug-likeness (QED) is 0.843. The Kier molecular flexibility index (Phi) is 6.99. The fourth-order valence-electron chi connectivity index (χ4n) is 2.82. The summed E-state index contributed by atoms with van der Waals surface area (Å²) < 4.78 is 43.6. The summed E-state index contributed by atoms with van der Waals surface area (Å²) in [5.74, 6) is 0.572. The van der Waals surface area contributed by atoms with Crippen LogP contribution in [0.5, 0.6) is 0 Å². The van der Waals surface area contributed by atoms with E-state index < -0.39 is 11.7 Å². The molecule has 2 aromatic rings. The number of alkyl halides is 3. The summed E-state index contributed by atoms with van der Waals surface area (Å²) in [4.78, 5) is 8.70. The van der Waals surface area contributed by atoms with Crippen LogP contribution in [0.3, 0.4) is 0 Å². The van der Waals surface area contributed by atoms with E-state index in [0.717, 1.165) is 44.9 Å². The number of hydrogen-bond donors (Lipinski definition) is 1. The lowest BCUT2D eigenvalue weighted by Crippen LogP contribution is -2.47. The van der Waals surface area contributed by atoms with Crippen molar-refractivity contribution in [3.05, 3.63) is 35.7 Å². The summed E-state index contributed by atoms with van der Waals surface area (Å²) in [5.41, 5.74) is 5.11. The molecular weight excluding hydrogens is 371 g/mol. The number of halogens is 4. The lowest BCUT2D eigenvalue weighted by molar-refractivity contribution is -0.137. The molecule has 1 saturated heterocycles. The van der Waals surface area contributed by atoms with Crippen molar-refractivity contribution in [2.45, 2.75) is 12.7 Å². The molecule has 10 heteroatoms. The van der Waals surface area contributed by atoms with E-state index in [1.54, 1.807) is 0 Å². The normalized spacial score (nSPS) is 16.5. The van der Waals surface area contributed by atoms with Crippen LogP contribution in [0.2, 0.25) is 0 Å². The Balaban J connectivity index is 0.00000243. The monoisotopic (exact) mass is 391 g/mol. The molecule has 0 radical (unpaired) electrons. The van der Waals surface area contributed by atoms with Gasteiger partial charge in [-0.15, -0.1) is 12.4 Å². The first-order valence-corrected chi connectivity index (χ1v) is 8.11. The molecule has 0 saturated carbocycles. The Bertz CT molecular complexity index is 701. The minimum absolute atomic E-state index is 0. The van der Waals surface area contributed by atoms with Crippen molar-refractivity contribution < 1.29 is 17.7 Å². The third kappa shape index (κ3) is 5.16. The molecule has 144 valence electrons. The molecule has 1 aromatic carbocycles. The highest BCUT2D eigenvalue weighted by Gasteiger charge is 2.30. The molecule has 3 rings (SSSR count). The second kappa shape index (κ2) is 8.81. The molecule has 0 unspecified atom stereocenters. The molecule has 6 nitrogen and oxygen atoms in total. The summed E-state index contributed by atoms with van der Waals surface area (Å²) in [6.45, 7) is 5.58. The number of nitrogens with zero attached hydrogens (tertiary/aromatic N) is 4. The lowest BCUT2D eigenvalue weighted by Gasteiger charge is -2.33. The zero-order valence-corrected chi connectivity index (χ0v) is 14.9. The van der Waals surface area contributed by atoms with E-state index >= 15 is 0 Å². The molecule has 1 fully saturated rings. The van der Waals surface area contributed by atoms with Gasteiger partial charge in [-0.2, -0.15) is 18.2 Å². The minimum Gasteiger partial charge on any atom is -0.338 e. The Morgan fingerprint density at radius 2 is 1.81 bits per heavy atom. The van der Waals surface area contributed by atoms with Gasteiger partial charge < -0.3 is 10.3 Å². The van der Waals surface area contributed by atoms with Gasteiger partial charge in [0.2, 0.25) is 11.7 Å². The number of benzene rings is 1. The zero-order chi connectivity index (χ0) is 17.9. The van der Waals surface area contributed by atoms with Crippen LogP contribution in [0.25, 0.3) is 11.4 Å². The summed E-state index contributed by atoms with van der Waals surface area (Å²) in [6.07, 6.45) is -4.40. The topological polar surface area (TPSA) is 71.4 Å². The number of rotatable bonds is 5. The highest BCUT2D eigenvalue weighted by Crippen LogP contribution is 2.31. The van der Waals surface area contributed by atoms with Crippen LogP contribution in [-0.2, 0) is 12.7 Å². The Labute approximate surface area is 155 Å². The molecule has 0 atom stereocenters. The molecule has 2 N–H and O–H groups in total. The van der Waals surface area contributed by atoms with E-state index in [1.807, 2.05) is 0 Å². The van der Waals surface area contributed by atoms with E-state index in [2.05, 4.69) is 19.9 Å². The van der Waals surface area contributed by atoms with Crippen molar-refractivity contribution in [3.8, 4) is 11.4 Å². The van der Waals surface area contributed by atoms with Gasteiger partial charge in [-0.1, -0.05) is 17.3 Å². The van der Waals surface area contributed by atoms with Gasteiger partial charge in [-0.05, 0) is 12.1 Å². The van der Waals surface area contributed by atoms with E-state index in [4.69, 9.17) is 10.3 Å². The van der Waals surface area contributed by atoms with Gasteiger partial charge in [0.05, 0.1) is 12.1 Å². The largest absolute Gasteiger partial charge is 0.416 e. The highest BCUT2D eigenvalue weighted by molar-refractivity contribution is 5.85. The van der Waals surface area contributed by atoms with Crippen LogP contribution in [-0.4, -0.2) is 59.2 Å². The summed E-state index contributed by atoms with van der Waals surface area (Å²) in [6, 6.07) is 4.92. The average molecular weight is 392 g/mol. The van der Waals surface area contributed by atoms with Gasteiger partial charge in [0.25, 0.3) is 0 Å². The summed E-state index contributed by atoms with van der Waals surface area (Å²) in [7, 11) is 0. The van der Waals surface area contributed by atoms with E-state index in [1.165, 1.54) is 12.1 Å². The van der Waals surface area contributed by atoms with E-state index in [0.29, 0.717) is 19.0 Å². The van der Waals surface area contributed by atoms with Crippen LogP contribution in [0.4, 0.5) is 13.2 Å². The molecule has 0 spiro atoms. The third-order valence-corrected chi connectivity index (χ3v) is 4.19. The smallest absolute Gasteiger partial charge is 0.338 e. The van der Waals surface area contributed by atoms with Gasteiger partial charge in [0.1, 0.15) is 0 Å². The van der Waals surface area contributed by atoms with Crippen molar-refractivity contribution in [3.63, 3.8) is 0 Å². The lowest BCUT2D eigenvalue weighted by atomic mass is 10.1. The van der Waals surface area contributed by atoms with Gasteiger partial charge in [-0.3, -0.25) is 9.80 Å². The van der Waals surface area contributed by atoms with Crippen molar-refractivity contribution in [1.29, 1.82) is 0 Å². The fourth-order valence-corrected chi connectivity index (χ4v) is 2.82.